The first-order valence-corrected chi connectivity index (χ1v) is 4.79. The van der Waals surface area contributed by atoms with Crippen molar-refractivity contribution in [1.29, 1.82) is 0 Å². The standard InChI is InChI=1S/C9H8N2O2S/c1-4-2-6(10)5-3-7(9(12)13)14-8(5)11-4/h2-3H,1H3,(H2,10,11)(H,12,13). The Kier molecular flexibility index (Phi) is 1.89. The van der Waals surface area contributed by atoms with Crippen molar-refractivity contribution in [3.63, 3.8) is 0 Å². The Hall–Kier alpha value is -1.62. The number of pyridine rings is 1. The molecular formula is C9H8N2O2S. The summed E-state index contributed by atoms with van der Waals surface area (Å²) in [6, 6.07) is 3.30. The van der Waals surface area contributed by atoms with Crippen LogP contribution in [0.5, 0.6) is 0 Å². The number of aromatic nitrogens is 1. The zero-order chi connectivity index (χ0) is 10.3. The first-order valence-electron chi connectivity index (χ1n) is 3.98. The van der Waals surface area contributed by atoms with Gasteiger partial charge in [-0.25, -0.2) is 9.78 Å². The van der Waals surface area contributed by atoms with Gasteiger partial charge in [0.25, 0.3) is 0 Å². The number of rotatable bonds is 1. The Morgan fingerprint density at radius 1 is 1.57 bits per heavy atom. The van der Waals surface area contributed by atoms with Crippen molar-refractivity contribution in [3.05, 3.63) is 22.7 Å². The maximum absolute atomic E-state index is 10.7. The second-order valence-electron chi connectivity index (χ2n) is 2.99. The molecule has 0 fully saturated rings. The highest BCUT2D eigenvalue weighted by atomic mass is 32.1. The number of thiophene rings is 1. The van der Waals surface area contributed by atoms with Crippen molar-refractivity contribution in [2.24, 2.45) is 0 Å². The van der Waals surface area contributed by atoms with Crippen molar-refractivity contribution in [1.82, 2.24) is 4.98 Å². The number of aromatic carboxylic acids is 1. The fraction of sp³-hybridized carbons (Fsp3) is 0.111. The second kappa shape index (κ2) is 2.95. The Morgan fingerprint density at radius 3 is 2.93 bits per heavy atom. The molecule has 0 aliphatic carbocycles. The lowest BCUT2D eigenvalue weighted by Crippen LogP contribution is -1.90. The van der Waals surface area contributed by atoms with Crippen LogP contribution < -0.4 is 5.73 Å². The lowest BCUT2D eigenvalue weighted by molar-refractivity contribution is 0.0702. The lowest BCUT2D eigenvalue weighted by atomic mass is 10.2. The molecule has 4 nitrogen and oxygen atoms in total. The predicted octanol–water partition coefficient (Wildman–Crippen LogP) is 1.89. The molecule has 0 saturated carbocycles. The van der Waals surface area contributed by atoms with E-state index in [2.05, 4.69) is 4.98 Å². The van der Waals surface area contributed by atoms with Gasteiger partial charge in [-0.3, -0.25) is 0 Å². The quantitative estimate of drug-likeness (QED) is 0.750. The van der Waals surface area contributed by atoms with Crippen LogP contribution in [-0.2, 0) is 0 Å². The van der Waals surface area contributed by atoms with E-state index >= 15 is 0 Å². The van der Waals surface area contributed by atoms with Crippen molar-refractivity contribution in [3.8, 4) is 0 Å². The third-order valence-electron chi connectivity index (χ3n) is 1.88. The molecule has 5 heteroatoms. The van der Waals surface area contributed by atoms with Gasteiger partial charge >= 0.3 is 5.97 Å². The minimum Gasteiger partial charge on any atom is -0.477 e. The van der Waals surface area contributed by atoms with E-state index in [-0.39, 0.29) is 4.88 Å². The fourth-order valence-corrected chi connectivity index (χ4v) is 2.22. The van der Waals surface area contributed by atoms with E-state index in [4.69, 9.17) is 10.8 Å². The van der Waals surface area contributed by atoms with Crippen LogP contribution in [0.25, 0.3) is 10.2 Å². The van der Waals surface area contributed by atoms with Gasteiger partial charge in [0.15, 0.2) is 0 Å². The van der Waals surface area contributed by atoms with Gasteiger partial charge in [-0.2, -0.15) is 0 Å². The van der Waals surface area contributed by atoms with E-state index in [1.54, 1.807) is 12.1 Å². The summed E-state index contributed by atoms with van der Waals surface area (Å²) in [6.07, 6.45) is 0. The van der Waals surface area contributed by atoms with Crippen molar-refractivity contribution >= 4 is 33.2 Å². The summed E-state index contributed by atoms with van der Waals surface area (Å²) in [6.45, 7) is 1.83. The number of hydrogen-bond donors (Lipinski definition) is 2. The molecule has 0 spiro atoms. The number of fused-ring (bicyclic) bond motifs is 1. The summed E-state index contributed by atoms with van der Waals surface area (Å²) in [4.78, 5) is 15.9. The number of carboxylic acids is 1. The van der Waals surface area contributed by atoms with E-state index in [0.717, 1.165) is 22.4 Å². The maximum atomic E-state index is 10.7. The monoisotopic (exact) mass is 208 g/mol. The number of nitrogen functional groups attached to an aromatic ring is 1. The molecule has 2 rings (SSSR count). The van der Waals surface area contributed by atoms with E-state index < -0.39 is 5.97 Å². The molecule has 72 valence electrons. The smallest absolute Gasteiger partial charge is 0.345 e. The molecule has 0 aromatic carbocycles. The molecule has 0 aliphatic heterocycles. The molecule has 2 aromatic heterocycles. The third kappa shape index (κ3) is 1.31. The molecule has 0 amide bonds. The zero-order valence-electron chi connectivity index (χ0n) is 7.44. The van der Waals surface area contributed by atoms with Gasteiger partial charge < -0.3 is 10.8 Å². The van der Waals surface area contributed by atoms with Gasteiger partial charge in [-0.05, 0) is 19.1 Å². The maximum Gasteiger partial charge on any atom is 0.345 e. The summed E-state index contributed by atoms with van der Waals surface area (Å²) in [5, 5.41) is 9.51. The summed E-state index contributed by atoms with van der Waals surface area (Å²) < 4.78 is 0. The van der Waals surface area contributed by atoms with Crippen LogP contribution in [0.15, 0.2) is 12.1 Å². The van der Waals surface area contributed by atoms with Gasteiger partial charge in [-0.1, -0.05) is 0 Å². The first-order chi connectivity index (χ1) is 6.58. The van der Waals surface area contributed by atoms with Crippen LogP contribution >= 0.6 is 11.3 Å². The molecule has 2 heterocycles. The second-order valence-corrected chi connectivity index (χ2v) is 4.02. The normalized spacial score (nSPS) is 10.6. The Labute approximate surface area is 84.0 Å². The predicted molar refractivity (Wildman–Crippen MR) is 55.7 cm³/mol. The number of carboxylic acid groups (broad SMARTS) is 1. The van der Waals surface area contributed by atoms with Crippen LogP contribution in [-0.4, -0.2) is 16.1 Å². The number of anilines is 1. The third-order valence-corrected chi connectivity index (χ3v) is 2.89. The van der Waals surface area contributed by atoms with Crippen molar-refractivity contribution in [2.45, 2.75) is 6.92 Å². The van der Waals surface area contributed by atoms with E-state index in [1.807, 2.05) is 6.92 Å². The highest BCUT2D eigenvalue weighted by Gasteiger charge is 2.11. The Balaban J connectivity index is 2.76. The summed E-state index contributed by atoms with van der Waals surface area (Å²) in [7, 11) is 0. The highest BCUT2D eigenvalue weighted by Crippen LogP contribution is 2.28. The number of nitrogens with two attached hydrogens (primary N) is 1. The molecule has 14 heavy (non-hydrogen) atoms. The van der Waals surface area contributed by atoms with Crippen LogP contribution in [0.1, 0.15) is 15.4 Å². The summed E-state index contributed by atoms with van der Waals surface area (Å²) in [5.74, 6) is -0.940. The van der Waals surface area contributed by atoms with Gasteiger partial charge in [0.2, 0.25) is 0 Å². The average Bonchev–Trinajstić information content (AvgIpc) is 2.47. The molecule has 0 radical (unpaired) electrons. The number of aryl methyl sites for hydroxylation is 1. The molecule has 3 N–H and O–H groups in total. The van der Waals surface area contributed by atoms with Gasteiger partial charge in [-0.15, -0.1) is 11.3 Å². The van der Waals surface area contributed by atoms with Gasteiger partial charge in [0, 0.05) is 16.8 Å². The van der Waals surface area contributed by atoms with Crippen molar-refractivity contribution in [2.75, 3.05) is 5.73 Å². The summed E-state index contributed by atoms with van der Waals surface area (Å²) >= 11 is 1.14. The minimum absolute atomic E-state index is 0.268. The van der Waals surface area contributed by atoms with E-state index in [0.29, 0.717) is 10.5 Å². The topological polar surface area (TPSA) is 76.2 Å². The van der Waals surface area contributed by atoms with Gasteiger partial charge in [0.05, 0.1) is 0 Å². The van der Waals surface area contributed by atoms with Crippen LogP contribution in [0.2, 0.25) is 0 Å². The van der Waals surface area contributed by atoms with E-state index in [1.165, 1.54) is 0 Å². The highest BCUT2D eigenvalue weighted by molar-refractivity contribution is 7.20. The van der Waals surface area contributed by atoms with Crippen LogP contribution in [0.3, 0.4) is 0 Å². The number of hydrogen-bond acceptors (Lipinski definition) is 4. The summed E-state index contributed by atoms with van der Waals surface area (Å²) in [5.41, 5.74) is 7.12. The van der Waals surface area contributed by atoms with Gasteiger partial charge in [0.1, 0.15) is 9.71 Å². The Morgan fingerprint density at radius 2 is 2.29 bits per heavy atom. The Bertz CT molecular complexity index is 519. The lowest BCUT2D eigenvalue weighted by Gasteiger charge is -1.96. The number of nitrogens with zero attached hydrogens (tertiary/aromatic N) is 1. The molecule has 0 unspecified atom stereocenters. The molecule has 0 saturated heterocycles. The molecule has 0 bridgehead atoms. The first kappa shape index (κ1) is 8.96. The van der Waals surface area contributed by atoms with Crippen molar-refractivity contribution < 1.29 is 9.90 Å². The van der Waals surface area contributed by atoms with Crippen LogP contribution in [0.4, 0.5) is 5.69 Å². The molecular weight excluding hydrogens is 200 g/mol. The minimum atomic E-state index is -0.940. The fourth-order valence-electron chi connectivity index (χ4n) is 1.27. The average molecular weight is 208 g/mol. The van der Waals surface area contributed by atoms with E-state index in [9.17, 15) is 4.79 Å². The largest absolute Gasteiger partial charge is 0.477 e. The molecule has 2 aromatic rings. The molecule has 0 aliphatic rings. The number of carbonyl (C=O) groups is 1. The SMILES string of the molecule is Cc1cc(N)c2cc(C(=O)O)sc2n1. The van der Waals surface area contributed by atoms with Crippen LogP contribution in [0, 0.1) is 6.92 Å². The molecule has 0 atom stereocenters. The zero-order valence-corrected chi connectivity index (χ0v) is 8.26.